The third-order valence-electron chi connectivity index (χ3n) is 3.20. The molecule has 0 aromatic heterocycles. The first kappa shape index (κ1) is 18.1. The maximum absolute atomic E-state index is 10.7. The Kier molecular flexibility index (Phi) is 7.36. The van der Waals surface area contributed by atoms with Crippen LogP contribution >= 0.6 is 22.6 Å². The van der Waals surface area contributed by atoms with E-state index in [2.05, 4.69) is 22.6 Å². The molecule has 0 aliphatic rings. The lowest BCUT2D eigenvalue weighted by Gasteiger charge is -2.27. The van der Waals surface area contributed by atoms with Crippen LogP contribution in [0.15, 0.2) is 24.3 Å². The first-order valence-corrected chi connectivity index (χ1v) is 7.97. The summed E-state index contributed by atoms with van der Waals surface area (Å²) in [5, 5.41) is 27.4. The Morgan fingerprint density at radius 2 is 1.86 bits per heavy atom. The third-order valence-corrected chi connectivity index (χ3v) is 4.81. The van der Waals surface area contributed by atoms with Crippen molar-refractivity contribution in [3.05, 3.63) is 29.8 Å². The van der Waals surface area contributed by atoms with E-state index in [4.69, 9.17) is 15.6 Å². The van der Waals surface area contributed by atoms with Crippen LogP contribution in [0.4, 0.5) is 0 Å². The van der Waals surface area contributed by atoms with Gasteiger partial charge in [0.2, 0.25) is 0 Å². The van der Waals surface area contributed by atoms with Crippen molar-refractivity contribution in [2.24, 2.45) is 11.1 Å². The summed E-state index contributed by atoms with van der Waals surface area (Å²) < 4.78 is 6.15. The molecule has 1 atom stereocenters. The maximum atomic E-state index is 10.7. The van der Waals surface area contributed by atoms with E-state index in [1.807, 2.05) is 0 Å². The second kappa shape index (κ2) is 8.52. The zero-order chi connectivity index (χ0) is 15.9. The number of alkyl halides is 1. The van der Waals surface area contributed by atoms with Gasteiger partial charge in [-0.25, -0.2) is 0 Å². The standard InChI is InChI=1S/C14H20INO5/c15-6-14(7-17,8-18)9-21-11-3-1-10(2-4-11)5-12(16)13(19)20/h1-4,12,17-18H,5-9,16H2,(H,19,20)/t12-/m0/s1. The molecule has 0 bridgehead atoms. The van der Waals surface area contributed by atoms with Crippen LogP contribution in [-0.4, -0.2) is 51.6 Å². The number of hydrogen-bond donors (Lipinski definition) is 4. The van der Waals surface area contributed by atoms with Crippen molar-refractivity contribution < 1.29 is 24.9 Å². The number of ether oxygens (including phenoxy) is 1. The first-order chi connectivity index (χ1) is 9.96. The number of carboxylic acids is 1. The van der Waals surface area contributed by atoms with E-state index in [9.17, 15) is 15.0 Å². The highest BCUT2D eigenvalue weighted by atomic mass is 127. The van der Waals surface area contributed by atoms with Crippen LogP contribution in [0.25, 0.3) is 0 Å². The zero-order valence-electron chi connectivity index (χ0n) is 11.5. The number of halogens is 1. The number of aliphatic hydroxyl groups excluding tert-OH is 2. The lowest BCUT2D eigenvalue weighted by Crippen LogP contribution is -2.38. The number of hydrogen-bond acceptors (Lipinski definition) is 5. The van der Waals surface area contributed by atoms with Crippen LogP contribution in [0.5, 0.6) is 5.75 Å². The minimum absolute atomic E-state index is 0.155. The fourth-order valence-electron chi connectivity index (χ4n) is 1.56. The molecule has 0 saturated heterocycles. The summed E-state index contributed by atoms with van der Waals surface area (Å²) in [5.74, 6) is -0.438. The van der Waals surface area contributed by atoms with Crippen LogP contribution in [0, 0.1) is 5.41 Å². The van der Waals surface area contributed by atoms with Crippen molar-refractivity contribution in [3.63, 3.8) is 0 Å². The van der Waals surface area contributed by atoms with Gasteiger partial charge >= 0.3 is 5.97 Å². The normalized spacial score (nSPS) is 13.0. The predicted molar refractivity (Wildman–Crippen MR) is 86.7 cm³/mol. The van der Waals surface area contributed by atoms with Crippen LogP contribution in [0.3, 0.4) is 0 Å². The third kappa shape index (κ3) is 5.42. The lowest BCUT2D eigenvalue weighted by atomic mass is 9.94. The Morgan fingerprint density at radius 1 is 1.29 bits per heavy atom. The summed E-state index contributed by atoms with van der Waals surface area (Å²) in [5.41, 5.74) is 5.61. The van der Waals surface area contributed by atoms with Crippen molar-refractivity contribution >= 4 is 28.6 Å². The number of rotatable bonds is 9. The molecule has 0 unspecified atom stereocenters. The number of carbonyl (C=O) groups is 1. The summed E-state index contributed by atoms with van der Waals surface area (Å²) in [6, 6.07) is 6.02. The van der Waals surface area contributed by atoms with Gasteiger partial charge in [-0.15, -0.1) is 0 Å². The quantitative estimate of drug-likeness (QED) is 0.348. The molecule has 0 saturated carbocycles. The fourth-order valence-corrected chi connectivity index (χ4v) is 2.27. The summed E-state index contributed by atoms with van der Waals surface area (Å²) in [7, 11) is 0. The van der Waals surface area contributed by atoms with Crippen molar-refractivity contribution in [2.75, 3.05) is 24.2 Å². The smallest absolute Gasteiger partial charge is 0.320 e. The highest BCUT2D eigenvalue weighted by Crippen LogP contribution is 2.22. The molecule has 6 nitrogen and oxygen atoms in total. The van der Waals surface area contributed by atoms with Crippen molar-refractivity contribution in [3.8, 4) is 5.75 Å². The summed E-state index contributed by atoms with van der Waals surface area (Å²) in [6.07, 6.45) is 0.251. The Bertz CT molecular complexity index is 439. The van der Waals surface area contributed by atoms with Gasteiger partial charge in [-0.2, -0.15) is 0 Å². The van der Waals surface area contributed by atoms with Gasteiger partial charge in [-0.3, -0.25) is 4.79 Å². The Morgan fingerprint density at radius 3 is 2.29 bits per heavy atom. The fraction of sp³-hybridized carbons (Fsp3) is 0.500. The molecule has 1 aromatic rings. The van der Waals surface area contributed by atoms with Gasteiger partial charge < -0.3 is 25.8 Å². The SMILES string of the molecule is N[C@@H](Cc1ccc(OCC(CO)(CO)CI)cc1)C(=O)O. The molecule has 1 aromatic carbocycles. The average Bonchev–Trinajstić information content (AvgIpc) is 2.50. The molecule has 5 N–H and O–H groups in total. The van der Waals surface area contributed by atoms with Gasteiger partial charge in [0.15, 0.2) is 0 Å². The number of aliphatic hydroxyl groups is 2. The number of aliphatic carboxylic acids is 1. The second-order valence-corrected chi connectivity index (χ2v) is 5.79. The average molecular weight is 409 g/mol. The largest absolute Gasteiger partial charge is 0.493 e. The van der Waals surface area contributed by atoms with Crippen molar-refractivity contribution in [1.82, 2.24) is 0 Å². The number of carboxylic acid groups (broad SMARTS) is 1. The van der Waals surface area contributed by atoms with Gasteiger partial charge in [-0.1, -0.05) is 34.7 Å². The molecule has 118 valence electrons. The molecule has 0 radical (unpaired) electrons. The topological polar surface area (TPSA) is 113 Å². The predicted octanol–water partition coefficient (Wildman–Crippen LogP) is 0.426. The van der Waals surface area contributed by atoms with Crippen LogP contribution in [0.1, 0.15) is 5.56 Å². The Labute approximate surface area is 137 Å². The van der Waals surface area contributed by atoms with E-state index < -0.39 is 17.4 Å². The van der Waals surface area contributed by atoms with Crippen LogP contribution in [0.2, 0.25) is 0 Å². The minimum Gasteiger partial charge on any atom is -0.493 e. The number of benzene rings is 1. The van der Waals surface area contributed by atoms with E-state index in [0.29, 0.717) is 10.2 Å². The Balaban J connectivity index is 2.60. The molecular formula is C14H20INO5. The summed E-state index contributed by atoms with van der Waals surface area (Å²) in [6.45, 7) is -0.104. The molecule has 0 amide bonds. The molecule has 0 fully saturated rings. The van der Waals surface area contributed by atoms with E-state index >= 15 is 0 Å². The maximum Gasteiger partial charge on any atom is 0.320 e. The molecule has 1 rings (SSSR count). The number of nitrogens with two attached hydrogens (primary N) is 1. The molecule has 21 heavy (non-hydrogen) atoms. The first-order valence-electron chi connectivity index (χ1n) is 6.44. The highest BCUT2D eigenvalue weighted by molar-refractivity contribution is 14.1. The van der Waals surface area contributed by atoms with Crippen LogP contribution < -0.4 is 10.5 Å². The van der Waals surface area contributed by atoms with Gasteiger partial charge in [0.05, 0.1) is 25.2 Å². The molecular weight excluding hydrogens is 389 g/mol. The molecule has 7 heteroatoms. The van der Waals surface area contributed by atoms with E-state index in [-0.39, 0.29) is 26.2 Å². The van der Waals surface area contributed by atoms with E-state index in [0.717, 1.165) is 5.56 Å². The van der Waals surface area contributed by atoms with Crippen molar-refractivity contribution in [1.29, 1.82) is 0 Å². The van der Waals surface area contributed by atoms with E-state index in [1.54, 1.807) is 24.3 Å². The molecule has 0 aliphatic carbocycles. The van der Waals surface area contributed by atoms with Gasteiger partial charge in [0, 0.05) is 4.43 Å². The van der Waals surface area contributed by atoms with Crippen molar-refractivity contribution in [2.45, 2.75) is 12.5 Å². The molecule has 0 spiro atoms. The highest BCUT2D eigenvalue weighted by Gasteiger charge is 2.28. The van der Waals surface area contributed by atoms with Crippen LogP contribution in [-0.2, 0) is 11.2 Å². The van der Waals surface area contributed by atoms with Gasteiger partial charge in [0.25, 0.3) is 0 Å². The molecule has 0 aliphatic heterocycles. The zero-order valence-corrected chi connectivity index (χ0v) is 13.7. The molecule has 0 heterocycles. The summed E-state index contributed by atoms with van der Waals surface area (Å²) in [4.78, 5) is 10.7. The Hall–Kier alpha value is -0.900. The van der Waals surface area contributed by atoms with Gasteiger partial charge in [-0.05, 0) is 24.1 Å². The second-order valence-electron chi connectivity index (χ2n) is 5.03. The van der Waals surface area contributed by atoms with Gasteiger partial charge in [0.1, 0.15) is 11.8 Å². The lowest BCUT2D eigenvalue weighted by molar-refractivity contribution is -0.138. The monoisotopic (exact) mass is 409 g/mol. The minimum atomic E-state index is -1.03. The van der Waals surface area contributed by atoms with E-state index in [1.165, 1.54) is 0 Å². The summed E-state index contributed by atoms with van der Waals surface area (Å²) >= 11 is 2.10.